The second kappa shape index (κ2) is 3.65. The lowest BCUT2D eigenvalue weighted by molar-refractivity contribution is -0.216. The van der Waals surface area contributed by atoms with Gasteiger partial charge in [0, 0.05) is 6.54 Å². The summed E-state index contributed by atoms with van der Waals surface area (Å²) in [5.41, 5.74) is -2.00. The monoisotopic (exact) mass is 259 g/mol. The minimum Gasteiger partial charge on any atom is -0.383 e. The summed E-state index contributed by atoms with van der Waals surface area (Å²) in [5, 5.41) is 12.0. The van der Waals surface area contributed by atoms with Crippen LogP contribution in [0.2, 0.25) is 0 Å². The Bertz CT molecular complexity index is 371. The summed E-state index contributed by atoms with van der Waals surface area (Å²) in [5.74, 6) is -4.32. The molecule has 3 nitrogen and oxygen atoms in total. The summed E-state index contributed by atoms with van der Waals surface area (Å²) in [6, 6.07) is 0. The Morgan fingerprint density at radius 2 is 1.89 bits per heavy atom. The number of carbonyl (C=O) groups is 1. The molecule has 0 radical (unpaired) electrons. The van der Waals surface area contributed by atoms with Crippen LogP contribution in [0.1, 0.15) is 44.9 Å². The molecule has 0 aromatic carbocycles. The maximum atomic E-state index is 13.8. The summed E-state index contributed by atoms with van der Waals surface area (Å²) in [6.45, 7) is 0.349. The van der Waals surface area contributed by atoms with Crippen LogP contribution in [-0.2, 0) is 4.79 Å². The first-order chi connectivity index (χ1) is 8.40. The van der Waals surface area contributed by atoms with E-state index in [0.717, 1.165) is 25.7 Å². The molecule has 3 fully saturated rings. The van der Waals surface area contributed by atoms with E-state index < -0.39 is 17.4 Å². The molecule has 0 spiro atoms. The molecule has 0 aromatic rings. The van der Waals surface area contributed by atoms with E-state index in [-0.39, 0.29) is 18.3 Å². The highest BCUT2D eigenvalue weighted by Crippen LogP contribution is 2.60. The van der Waals surface area contributed by atoms with Gasteiger partial charge in [0.25, 0.3) is 5.91 Å². The molecular weight excluding hydrogens is 240 g/mol. The van der Waals surface area contributed by atoms with Gasteiger partial charge < -0.3 is 10.4 Å². The van der Waals surface area contributed by atoms with Crippen molar-refractivity contribution < 1.29 is 18.7 Å². The molecule has 0 aromatic heterocycles. The number of nitrogens with one attached hydrogen (secondary N) is 1. The van der Waals surface area contributed by atoms with Crippen LogP contribution in [0.3, 0.4) is 0 Å². The van der Waals surface area contributed by atoms with Gasteiger partial charge in [0.2, 0.25) is 0 Å². The van der Waals surface area contributed by atoms with E-state index in [1.54, 1.807) is 0 Å². The SMILES string of the molecule is O=C(NCC1(C2CC2)CC1)C(F)(F)C1(O)CCC1. The first-order valence-electron chi connectivity index (χ1n) is 6.78. The number of amides is 1. The fraction of sp³-hybridized carbons (Fsp3) is 0.923. The minimum atomic E-state index is -3.65. The summed E-state index contributed by atoms with van der Waals surface area (Å²) in [6.07, 6.45) is 4.99. The third kappa shape index (κ3) is 1.75. The van der Waals surface area contributed by atoms with Crippen molar-refractivity contribution in [2.75, 3.05) is 6.54 Å². The summed E-state index contributed by atoms with van der Waals surface area (Å²) >= 11 is 0. The lowest BCUT2D eigenvalue weighted by Gasteiger charge is -2.41. The van der Waals surface area contributed by atoms with Crippen LogP contribution in [0.4, 0.5) is 8.78 Å². The zero-order valence-electron chi connectivity index (χ0n) is 10.3. The average Bonchev–Trinajstić information content (AvgIpc) is 3.13. The third-order valence-electron chi connectivity index (χ3n) is 4.99. The fourth-order valence-electron chi connectivity index (χ4n) is 2.99. The Kier molecular flexibility index (Phi) is 2.50. The number of halogens is 2. The van der Waals surface area contributed by atoms with Crippen LogP contribution in [0, 0.1) is 11.3 Å². The molecule has 3 saturated carbocycles. The molecule has 18 heavy (non-hydrogen) atoms. The molecule has 3 rings (SSSR count). The van der Waals surface area contributed by atoms with Crippen molar-refractivity contribution in [2.45, 2.75) is 56.5 Å². The maximum absolute atomic E-state index is 13.8. The zero-order valence-corrected chi connectivity index (χ0v) is 10.3. The Hall–Kier alpha value is -0.710. The van der Waals surface area contributed by atoms with Crippen LogP contribution < -0.4 is 5.32 Å². The maximum Gasteiger partial charge on any atom is 0.352 e. The van der Waals surface area contributed by atoms with Crippen LogP contribution in [0.5, 0.6) is 0 Å². The number of aliphatic hydroxyl groups is 1. The van der Waals surface area contributed by atoms with E-state index in [4.69, 9.17) is 0 Å². The predicted octanol–water partition coefficient (Wildman–Crippen LogP) is 1.84. The molecule has 3 aliphatic rings. The smallest absolute Gasteiger partial charge is 0.352 e. The summed E-state index contributed by atoms with van der Waals surface area (Å²) < 4.78 is 27.6. The van der Waals surface area contributed by atoms with E-state index in [9.17, 15) is 18.7 Å². The fourth-order valence-corrected chi connectivity index (χ4v) is 2.99. The number of rotatable bonds is 5. The van der Waals surface area contributed by atoms with Crippen molar-refractivity contribution in [1.29, 1.82) is 0 Å². The molecule has 2 N–H and O–H groups in total. The standard InChI is InChI=1S/C13H19F2NO2/c14-13(15,12(18)4-1-5-12)10(17)16-8-11(6-7-11)9-2-3-9/h9,18H,1-8H2,(H,16,17). The lowest BCUT2D eigenvalue weighted by atomic mass is 9.75. The van der Waals surface area contributed by atoms with Crippen LogP contribution in [0.25, 0.3) is 0 Å². The van der Waals surface area contributed by atoms with Gasteiger partial charge in [-0.05, 0) is 56.3 Å². The number of hydrogen-bond donors (Lipinski definition) is 2. The number of carbonyl (C=O) groups excluding carboxylic acids is 1. The van der Waals surface area contributed by atoms with Crippen LogP contribution >= 0.6 is 0 Å². The largest absolute Gasteiger partial charge is 0.383 e. The third-order valence-corrected chi connectivity index (χ3v) is 4.99. The van der Waals surface area contributed by atoms with Gasteiger partial charge in [-0.3, -0.25) is 4.79 Å². The van der Waals surface area contributed by atoms with E-state index in [0.29, 0.717) is 18.9 Å². The van der Waals surface area contributed by atoms with E-state index in [1.165, 1.54) is 0 Å². The second-order valence-electron chi connectivity index (χ2n) is 6.28. The Balaban J connectivity index is 1.57. The van der Waals surface area contributed by atoms with Gasteiger partial charge in [0.15, 0.2) is 0 Å². The van der Waals surface area contributed by atoms with Gasteiger partial charge in [0.05, 0.1) is 0 Å². The summed E-state index contributed by atoms with van der Waals surface area (Å²) in [7, 11) is 0. The molecule has 0 saturated heterocycles. The van der Waals surface area contributed by atoms with Crippen LogP contribution in [-0.4, -0.2) is 29.1 Å². The number of alkyl halides is 2. The Labute approximate surface area is 105 Å². The highest BCUT2D eigenvalue weighted by molar-refractivity contribution is 5.85. The molecule has 0 atom stereocenters. The molecule has 1 amide bonds. The average molecular weight is 259 g/mol. The quantitative estimate of drug-likeness (QED) is 0.791. The first-order valence-corrected chi connectivity index (χ1v) is 6.78. The van der Waals surface area contributed by atoms with E-state index in [1.807, 2.05) is 0 Å². The zero-order chi connectivity index (χ0) is 13.0. The molecule has 102 valence electrons. The number of hydrogen-bond acceptors (Lipinski definition) is 2. The highest BCUT2D eigenvalue weighted by Gasteiger charge is 2.62. The van der Waals surface area contributed by atoms with Gasteiger partial charge in [-0.2, -0.15) is 8.78 Å². The molecule has 3 aliphatic carbocycles. The molecule has 0 unspecified atom stereocenters. The molecular formula is C13H19F2NO2. The van der Waals surface area contributed by atoms with Crippen molar-refractivity contribution in [3.8, 4) is 0 Å². The van der Waals surface area contributed by atoms with E-state index >= 15 is 0 Å². The summed E-state index contributed by atoms with van der Waals surface area (Å²) in [4.78, 5) is 11.6. The van der Waals surface area contributed by atoms with Gasteiger partial charge >= 0.3 is 5.92 Å². The van der Waals surface area contributed by atoms with Crippen molar-refractivity contribution >= 4 is 5.91 Å². The van der Waals surface area contributed by atoms with Crippen LogP contribution in [0.15, 0.2) is 0 Å². The Morgan fingerprint density at radius 3 is 2.28 bits per heavy atom. The first kappa shape index (κ1) is 12.3. The molecule has 0 heterocycles. The lowest BCUT2D eigenvalue weighted by Crippen LogP contribution is -2.61. The van der Waals surface area contributed by atoms with Crippen molar-refractivity contribution in [1.82, 2.24) is 5.32 Å². The normalized spacial score (nSPS) is 28.4. The van der Waals surface area contributed by atoms with Gasteiger partial charge in [-0.1, -0.05) is 0 Å². The molecule has 0 aliphatic heterocycles. The molecule has 0 bridgehead atoms. The van der Waals surface area contributed by atoms with Crippen molar-refractivity contribution in [3.63, 3.8) is 0 Å². The van der Waals surface area contributed by atoms with Crippen molar-refractivity contribution in [3.05, 3.63) is 0 Å². The van der Waals surface area contributed by atoms with E-state index in [2.05, 4.69) is 5.32 Å². The second-order valence-corrected chi connectivity index (χ2v) is 6.28. The highest BCUT2D eigenvalue weighted by atomic mass is 19.3. The van der Waals surface area contributed by atoms with Gasteiger partial charge in [0.1, 0.15) is 5.60 Å². The Morgan fingerprint density at radius 1 is 1.28 bits per heavy atom. The predicted molar refractivity (Wildman–Crippen MR) is 61.1 cm³/mol. The topological polar surface area (TPSA) is 49.3 Å². The van der Waals surface area contributed by atoms with Crippen molar-refractivity contribution in [2.24, 2.45) is 11.3 Å². The molecule has 5 heteroatoms. The van der Waals surface area contributed by atoms with Gasteiger partial charge in [-0.15, -0.1) is 0 Å². The van der Waals surface area contributed by atoms with Gasteiger partial charge in [-0.25, -0.2) is 0 Å². The minimum absolute atomic E-state index is 0.0151.